The Morgan fingerprint density at radius 2 is 1.89 bits per heavy atom. The summed E-state index contributed by atoms with van der Waals surface area (Å²) in [6, 6.07) is 16.8. The summed E-state index contributed by atoms with van der Waals surface area (Å²) >= 11 is 0. The van der Waals surface area contributed by atoms with Crippen LogP contribution < -0.4 is 0 Å². The molecule has 4 aromatic rings. The van der Waals surface area contributed by atoms with Gasteiger partial charge in [0.15, 0.2) is 0 Å². The van der Waals surface area contributed by atoms with Crippen LogP contribution in [-0.4, -0.2) is 43.2 Å². The van der Waals surface area contributed by atoms with Gasteiger partial charge in [-0.3, -0.25) is 10.00 Å². The van der Waals surface area contributed by atoms with Crippen LogP contribution in [0.1, 0.15) is 30.0 Å². The lowest BCUT2D eigenvalue weighted by Crippen LogP contribution is -2.32. The van der Waals surface area contributed by atoms with Crippen LogP contribution in [0, 0.1) is 0 Å². The lowest BCUT2D eigenvalue weighted by molar-refractivity contribution is 0.202. The van der Waals surface area contributed by atoms with Crippen molar-refractivity contribution in [3.63, 3.8) is 0 Å². The van der Waals surface area contributed by atoms with Gasteiger partial charge in [0.2, 0.25) is 0 Å². The molecule has 0 atom stereocenters. The van der Waals surface area contributed by atoms with Crippen molar-refractivity contribution in [3.8, 4) is 5.69 Å². The Morgan fingerprint density at radius 1 is 1.04 bits per heavy atom. The number of aromatic nitrogens is 5. The molecule has 1 aliphatic rings. The molecule has 1 N–H and O–H groups in total. The maximum absolute atomic E-state index is 4.35. The number of piperidine rings is 1. The molecule has 0 amide bonds. The van der Waals surface area contributed by atoms with Crippen LogP contribution in [0.25, 0.3) is 16.6 Å². The van der Waals surface area contributed by atoms with Crippen LogP contribution in [0.3, 0.4) is 0 Å². The van der Waals surface area contributed by atoms with E-state index in [9.17, 15) is 0 Å². The number of nitrogens with zero attached hydrogens (tertiary/aromatic N) is 5. The number of nitrogens with one attached hydrogen (secondary N) is 1. The van der Waals surface area contributed by atoms with Crippen LogP contribution in [-0.2, 0) is 6.54 Å². The number of benzene rings is 2. The van der Waals surface area contributed by atoms with Crippen molar-refractivity contribution in [2.75, 3.05) is 13.1 Å². The molecule has 27 heavy (non-hydrogen) atoms. The van der Waals surface area contributed by atoms with Gasteiger partial charge in [-0.25, -0.2) is 4.68 Å². The molecule has 1 aliphatic heterocycles. The second-order valence-corrected chi connectivity index (χ2v) is 7.26. The van der Waals surface area contributed by atoms with E-state index < -0.39 is 0 Å². The van der Waals surface area contributed by atoms with Crippen LogP contribution in [0.2, 0.25) is 0 Å². The van der Waals surface area contributed by atoms with Gasteiger partial charge in [0.25, 0.3) is 0 Å². The van der Waals surface area contributed by atoms with Crippen molar-refractivity contribution in [3.05, 3.63) is 72.2 Å². The molecule has 136 valence electrons. The van der Waals surface area contributed by atoms with Crippen molar-refractivity contribution in [1.82, 2.24) is 30.1 Å². The first-order chi connectivity index (χ1) is 13.3. The lowest BCUT2D eigenvalue weighted by Gasteiger charge is -2.31. The molecule has 0 bridgehead atoms. The van der Waals surface area contributed by atoms with E-state index in [0.717, 1.165) is 36.5 Å². The molecule has 0 spiro atoms. The molecule has 5 rings (SSSR count). The molecule has 0 aliphatic carbocycles. The van der Waals surface area contributed by atoms with Crippen molar-refractivity contribution < 1.29 is 0 Å². The number of rotatable bonds is 4. The van der Waals surface area contributed by atoms with Gasteiger partial charge in [-0.05, 0) is 55.6 Å². The molecule has 0 unspecified atom stereocenters. The number of para-hydroxylation sites is 1. The zero-order valence-corrected chi connectivity index (χ0v) is 15.1. The van der Waals surface area contributed by atoms with Gasteiger partial charge in [-0.1, -0.05) is 35.5 Å². The predicted molar refractivity (Wildman–Crippen MR) is 105 cm³/mol. The Hall–Kier alpha value is -2.99. The first kappa shape index (κ1) is 16.2. The SMILES string of the molecule is c1ccc(-n2cc(CN3CCC(c4ccc5cn[nH]c5c4)CC3)nn2)cc1. The van der Waals surface area contributed by atoms with Gasteiger partial charge in [0.05, 0.1) is 29.3 Å². The Balaban J connectivity index is 1.21. The molecular weight excluding hydrogens is 336 g/mol. The minimum Gasteiger partial charge on any atom is -0.297 e. The first-order valence-electron chi connectivity index (χ1n) is 9.47. The van der Waals surface area contributed by atoms with E-state index >= 15 is 0 Å². The van der Waals surface area contributed by atoms with E-state index in [1.54, 1.807) is 0 Å². The molecule has 2 aromatic carbocycles. The zero-order valence-electron chi connectivity index (χ0n) is 15.1. The molecule has 0 saturated carbocycles. The average Bonchev–Trinajstić information content (AvgIpc) is 3.38. The average molecular weight is 358 g/mol. The molecular formula is C21H22N6. The highest BCUT2D eigenvalue weighted by Gasteiger charge is 2.21. The third-order valence-corrected chi connectivity index (χ3v) is 5.47. The molecule has 3 heterocycles. The second-order valence-electron chi connectivity index (χ2n) is 7.26. The fraction of sp³-hybridized carbons (Fsp3) is 0.286. The fourth-order valence-corrected chi connectivity index (χ4v) is 3.94. The second kappa shape index (κ2) is 6.96. The van der Waals surface area contributed by atoms with Crippen LogP contribution in [0.4, 0.5) is 0 Å². The van der Waals surface area contributed by atoms with Gasteiger partial charge in [0, 0.05) is 11.9 Å². The van der Waals surface area contributed by atoms with Crippen molar-refractivity contribution >= 4 is 10.9 Å². The molecule has 2 aromatic heterocycles. The molecule has 1 fully saturated rings. The smallest absolute Gasteiger partial charge is 0.0971 e. The van der Waals surface area contributed by atoms with Gasteiger partial charge in [-0.15, -0.1) is 5.10 Å². The van der Waals surface area contributed by atoms with Crippen molar-refractivity contribution in [1.29, 1.82) is 0 Å². The number of likely N-dealkylation sites (tertiary alicyclic amines) is 1. The number of hydrogen-bond acceptors (Lipinski definition) is 4. The van der Waals surface area contributed by atoms with Crippen LogP contribution in [0.15, 0.2) is 60.9 Å². The van der Waals surface area contributed by atoms with Gasteiger partial charge in [-0.2, -0.15) is 5.10 Å². The summed E-state index contributed by atoms with van der Waals surface area (Å²) in [7, 11) is 0. The minimum absolute atomic E-state index is 0.619. The summed E-state index contributed by atoms with van der Waals surface area (Å²) in [5.74, 6) is 0.619. The molecule has 1 saturated heterocycles. The maximum atomic E-state index is 4.35. The minimum atomic E-state index is 0.619. The summed E-state index contributed by atoms with van der Waals surface area (Å²) in [4.78, 5) is 2.48. The van der Waals surface area contributed by atoms with E-state index in [2.05, 4.69) is 43.6 Å². The summed E-state index contributed by atoms with van der Waals surface area (Å²) in [5, 5.41) is 17.0. The van der Waals surface area contributed by atoms with Gasteiger partial charge < -0.3 is 0 Å². The number of hydrogen-bond donors (Lipinski definition) is 1. The lowest BCUT2D eigenvalue weighted by atomic mass is 9.89. The molecule has 6 heteroatoms. The van der Waals surface area contributed by atoms with Crippen molar-refractivity contribution in [2.45, 2.75) is 25.3 Å². The first-order valence-corrected chi connectivity index (χ1v) is 9.47. The van der Waals surface area contributed by atoms with Crippen LogP contribution >= 0.6 is 0 Å². The maximum Gasteiger partial charge on any atom is 0.0971 e. The quantitative estimate of drug-likeness (QED) is 0.606. The Bertz CT molecular complexity index is 1030. The summed E-state index contributed by atoms with van der Waals surface area (Å²) in [6.07, 6.45) is 6.26. The highest BCUT2D eigenvalue weighted by molar-refractivity contribution is 5.78. The van der Waals surface area contributed by atoms with E-state index in [4.69, 9.17) is 0 Å². The predicted octanol–water partition coefficient (Wildman–Crippen LogP) is 3.52. The van der Waals surface area contributed by atoms with Gasteiger partial charge in [0.1, 0.15) is 0 Å². The van der Waals surface area contributed by atoms with E-state index in [0.29, 0.717) is 5.92 Å². The van der Waals surface area contributed by atoms with Crippen molar-refractivity contribution in [2.24, 2.45) is 0 Å². The number of aromatic amines is 1. The third kappa shape index (κ3) is 3.36. The monoisotopic (exact) mass is 358 g/mol. The standard InChI is InChI=1S/C21H22N6/c1-2-4-20(5-3-1)27-15-19(23-25-27)14-26-10-8-16(9-11-26)17-6-7-18-13-22-24-21(18)12-17/h1-7,12-13,15-16H,8-11,14H2,(H,22,24). The summed E-state index contributed by atoms with van der Waals surface area (Å²) in [5.41, 5.74) is 4.62. The van der Waals surface area contributed by atoms with Gasteiger partial charge >= 0.3 is 0 Å². The van der Waals surface area contributed by atoms with E-state index in [1.165, 1.54) is 23.8 Å². The number of fused-ring (bicyclic) bond motifs is 1. The molecule has 6 nitrogen and oxygen atoms in total. The van der Waals surface area contributed by atoms with Crippen LogP contribution in [0.5, 0.6) is 0 Å². The largest absolute Gasteiger partial charge is 0.297 e. The fourth-order valence-electron chi connectivity index (χ4n) is 3.94. The van der Waals surface area contributed by atoms with E-state index in [-0.39, 0.29) is 0 Å². The third-order valence-electron chi connectivity index (χ3n) is 5.47. The summed E-state index contributed by atoms with van der Waals surface area (Å²) < 4.78 is 1.85. The molecule has 0 radical (unpaired) electrons. The Morgan fingerprint density at radius 3 is 2.74 bits per heavy atom. The topological polar surface area (TPSA) is 62.6 Å². The Labute approximate surface area is 157 Å². The zero-order chi connectivity index (χ0) is 18.1. The highest BCUT2D eigenvalue weighted by Crippen LogP contribution is 2.30. The summed E-state index contributed by atoms with van der Waals surface area (Å²) in [6.45, 7) is 3.03. The van der Waals surface area contributed by atoms with E-state index in [1.807, 2.05) is 47.4 Å². The number of H-pyrrole nitrogens is 1. The highest BCUT2D eigenvalue weighted by atomic mass is 15.4. The Kier molecular flexibility index (Phi) is 4.18. The normalized spacial score (nSPS) is 16.1.